The van der Waals surface area contributed by atoms with E-state index in [0.29, 0.717) is 25.4 Å². The number of nitro benzene ring substituents is 1. The van der Waals surface area contributed by atoms with Gasteiger partial charge in [-0.2, -0.15) is 0 Å². The number of aromatic nitrogens is 2. The summed E-state index contributed by atoms with van der Waals surface area (Å²) < 4.78 is 12.2. The molecule has 2 aromatic rings. The summed E-state index contributed by atoms with van der Waals surface area (Å²) in [5.74, 6) is -0.109. The van der Waals surface area contributed by atoms with Crippen LogP contribution >= 0.6 is 12.2 Å². The van der Waals surface area contributed by atoms with Gasteiger partial charge in [0.25, 0.3) is 10.5 Å². The van der Waals surface area contributed by atoms with Gasteiger partial charge in [-0.1, -0.05) is 6.07 Å². The molecule has 2 heterocycles. The lowest BCUT2D eigenvalue weighted by Crippen LogP contribution is -2.40. The molecule has 27 heavy (non-hydrogen) atoms. The molecule has 0 spiro atoms. The molecule has 1 aliphatic rings. The predicted molar refractivity (Wildman–Crippen MR) is 98.3 cm³/mol. The van der Waals surface area contributed by atoms with E-state index in [0.717, 1.165) is 19.4 Å². The average Bonchev–Trinajstić information content (AvgIpc) is 3.03. The van der Waals surface area contributed by atoms with Crippen LogP contribution in [-0.2, 0) is 16.2 Å². The zero-order valence-corrected chi connectivity index (χ0v) is 15.7. The number of nitrogens with zero attached hydrogens (tertiary/aromatic N) is 4. The summed E-state index contributed by atoms with van der Waals surface area (Å²) in [5, 5.41) is 15.3. The van der Waals surface area contributed by atoms with E-state index >= 15 is 0 Å². The summed E-state index contributed by atoms with van der Waals surface area (Å²) in [7, 11) is 0. The van der Waals surface area contributed by atoms with E-state index in [1.807, 2.05) is 0 Å². The molecular formula is C17H20N4O5S. The SMILES string of the molecule is CCOC(=O)[C@@H]1CCCN(Cn2nc(-c3cccc([N+](=O)[O-])c3)oc2=S)C1. The maximum atomic E-state index is 12.0. The molecule has 0 aliphatic carbocycles. The van der Waals surface area contributed by atoms with Gasteiger partial charge in [0.05, 0.1) is 24.1 Å². The Morgan fingerprint density at radius 1 is 1.52 bits per heavy atom. The first-order chi connectivity index (χ1) is 13.0. The van der Waals surface area contributed by atoms with E-state index in [-0.39, 0.29) is 28.3 Å². The van der Waals surface area contributed by atoms with Crippen LogP contribution in [0.5, 0.6) is 0 Å². The number of non-ortho nitro benzene ring substituents is 1. The van der Waals surface area contributed by atoms with Crippen molar-refractivity contribution in [3.63, 3.8) is 0 Å². The largest absolute Gasteiger partial charge is 0.466 e. The molecule has 0 amide bonds. The fraction of sp³-hybridized carbons (Fsp3) is 0.471. The van der Waals surface area contributed by atoms with E-state index in [2.05, 4.69) is 10.00 Å². The van der Waals surface area contributed by atoms with Gasteiger partial charge in [0.2, 0.25) is 5.89 Å². The average molecular weight is 392 g/mol. The molecule has 1 aliphatic heterocycles. The molecule has 0 unspecified atom stereocenters. The van der Waals surface area contributed by atoms with Crippen LogP contribution in [0.25, 0.3) is 11.5 Å². The maximum absolute atomic E-state index is 12.0. The van der Waals surface area contributed by atoms with Gasteiger partial charge in [0.15, 0.2) is 0 Å². The Morgan fingerprint density at radius 3 is 3.07 bits per heavy atom. The first-order valence-corrected chi connectivity index (χ1v) is 9.10. The third-order valence-electron chi connectivity index (χ3n) is 4.37. The van der Waals surface area contributed by atoms with Gasteiger partial charge in [-0.25, -0.2) is 4.68 Å². The summed E-state index contributed by atoms with van der Waals surface area (Å²) >= 11 is 5.23. The summed E-state index contributed by atoms with van der Waals surface area (Å²) in [6, 6.07) is 6.04. The summed E-state index contributed by atoms with van der Waals surface area (Å²) in [6.07, 6.45) is 1.69. The highest BCUT2D eigenvalue weighted by atomic mass is 32.1. The van der Waals surface area contributed by atoms with E-state index in [9.17, 15) is 14.9 Å². The number of carbonyl (C=O) groups excluding carboxylic acids is 1. The van der Waals surface area contributed by atoms with Gasteiger partial charge in [-0.15, -0.1) is 5.10 Å². The fourth-order valence-electron chi connectivity index (χ4n) is 3.09. The second-order valence-corrected chi connectivity index (χ2v) is 6.64. The molecule has 9 nitrogen and oxygen atoms in total. The third-order valence-corrected chi connectivity index (χ3v) is 4.66. The molecule has 1 atom stereocenters. The number of nitro groups is 1. The van der Waals surface area contributed by atoms with Gasteiger partial charge in [-0.05, 0) is 44.6 Å². The van der Waals surface area contributed by atoms with E-state index in [4.69, 9.17) is 21.4 Å². The van der Waals surface area contributed by atoms with Crippen molar-refractivity contribution < 1.29 is 18.9 Å². The predicted octanol–water partition coefficient (Wildman–Crippen LogP) is 3.01. The van der Waals surface area contributed by atoms with Crippen molar-refractivity contribution in [1.82, 2.24) is 14.7 Å². The Balaban J connectivity index is 1.73. The molecule has 144 valence electrons. The number of likely N-dealkylation sites (tertiary alicyclic amines) is 1. The van der Waals surface area contributed by atoms with Crippen molar-refractivity contribution in [2.75, 3.05) is 19.7 Å². The number of benzene rings is 1. The molecule has 1 fully saturated rings. The lowest BCUT2D eigenvalue weighted by Gasteiger charge is -2.30. The minimum Gasteiger partial charge on any atom is -0.466 e. The van der Waals surface area contributed by atoms with Gasteiger partial charge in [0.1, 0.15) is 0 Å². The Bertz CT molecular complexity index is 893. The molecule has 1 saturated heterocycles. The van der Waals surface area contributed by atoms with Crippen molar-refractivity contribution in [3.05, 3.63) is 39.2 Å². The third kappa shape index (κ3) is 4.58. The summed E-state index contributed by atoms with van der Waals surface area (Å²) in [5.41, 5.74) is 0.438. The lowest BCUT2D eigenvalue weighted by molar-refractivity contribution is -0.384. The van der Waals surface area contributed by atoms with Crippen LogP contribution in [-0.4, -0.2) is 45.3 Å². The fourth-order valence-corrected chi connectivity index (χ4v) is 3.27. The van der Waals surface area contributed by atoms with Crippen LogP contribution in [0.15, 0.2) is 28.7 Å². The minimum atomic E-state index is -0.474. The van der Waals surface area contributed by atoms with Crippen molar-refractivity contribution in [2.45, 2.75) is 26.4 Å². The van der Waals surface area contributed by atoms with Crippen molar-refractivity contribution in [3.8, 4) is 11.5 Å². The van der Waals surface area contributed by atoms with Crippen molar-refractivity contribution in [2.24, 2.45) is 5.92 Å². The highest BCUT2D eigenvalue weighted by Gasteiger charge is 2.27. The number of rotatable bonds is 6. The minimum absolute atomic E-state index is 0.0449. The second-order valence-electron chi connectivity index (χ2n) is 6.29. The van der Waals surface area contributed by atoms with Crippen LogP contribution in [0, 0.1) is 20.9 Å². The summed E-state index contributed by atoms with van der Waals surface area (Å²) in [4.78, 5) is 24.7. The number of carbonyl (C=O) groups is 1. The highest BCUT2D eigenvalue weighted by Crippen LogP contribution is 2.23. The number of hydrogen-bond donors (Lipinski definition) is 0. The van der Waals surface area contributed by atoms with E-state index in [1.165, 1.54) is 16.8 Å². The van der Waals surface area contributed by atoms with Crippen LogP contribution in [0.1, 0.15) is 19.8 Å². The maximum Gasteiger partial charge on any atom is 0.310 e. The number of ether oxygens (including phenoxy) is 1. The molecule has 0 radical (unpaired) electrons. The smallest absolute Gasteiger partial charge is 0.310 e. The molecule has 0 bridgehead atoms. The van der Waals surface area contributed by atoms with Gasteiger partial charge >= 0.3 is 5.97 Å². The molecule has 0 N–H and O–H groups in total. The quantitative estimate of drug-likeness (QED) is 0.320. The lowest BCUT2D eigenvalue weighted by atomic mass is 9.99. The molecule has 1 aromatic carbocycles. The van der Waals surface area contributed by atoms with Gasteiger partial charge < -0.3 is 9.15 Å². The highest BCUT2D eigenvalue weighted by molar-refractivity contribution is 7.71. The Morgan fingerprint density at radius 2 is 2.33 bits per heavy atom. The van der Waals surface area contributed by atoms with Crippen molar-refractivity contribution >= 4 is 23.9 Å². The van der Waals surface area contributed by atoms with Crippen LogP contribution in [0.4, 0.5) is 5.69 Å². The second kappa shape index (κ2) is 8.40. The monoisotopic (exact) mass is 392 g/mol. The topological polar surface area (TPSA) is 104 Å². The Hall–Kier alpha value is -2.59. The zero-order valence-electron chi connectivity index (χ0n) is 14.9. The number of piperidine rings is 1. The molecule has 10 heteroatoms. The zero-order chi connectivity index (χ0) is 19.4. The Labute approximate surface area is 160 Å². The molecule has 0 saturated carbocycles. The number of esters is 1. The van der Waals surface area contributed by atoms with Crippen LogP contribution in [0.3, 0.4) is 0 Å². The Kier molecular flexibility index (Phi) is 5.97. The summed E-state index contributed by atoms with van der Waals surface area (Å²) in [6.45, 7) is 3.93. The van der Waals surface area contributed by atoms with Crippen LogP contribution < -0.4 is 0 Å². The van der Waals surface area contributed by atoms with E-state index in [1.54, 1.807) is 19.1 Å². The van der Waals surface area contributed by atoms with E-state index < -0.39 is 4.92 Å². The number of hydrogen-bond acceptors (Lipinski definition) is 8. The first-order valence-electron chi connectivity index (χ1n) is 8.69. The normalized spacial score (nSPS) is 17.6. The van der Waals surface area contributed by atoms with Crippen LogP contribution in [0.2, 0.25) is 0 Å². The molecule has 3 rings (SSSR count). The first kappa shape index (κ1) is 19.2. The molecule has 1 aromatic heterocycles. The molecular weight excluding hydrogens is 372 g/mol. The van der Waals surface area contributed by atoms with Gasteiger partial charge in [-0.3, -0.25) is 19.8 Å². The van der Waals surface area contributed by atoms with Gasteiger partial charge in [0, 0.05) is 24.2 Å². The standard InChI is InChI=1S/C17H20N4O5S/c1-2-25-16(22)13-6-4-8-19(10-13)11-20-17(27)26-15(18-20)12-5-3-7-14(9-12)21(23)24/h3,5,7,9,13H,2,4,6,8,10-11H2,1H3/t13-/m1/s1. The van der Waals surface area contributed by atoms with Crippen molar-refractivity contribution in [1.29, 1.82) is 0 Å².